The lowest BCUT2D eigenvalue weighted by Crippen LogP contribution is -2.44. The zero-order valence-electron chi connectivity index (χ0n) is 14.9. The maximum atomic E-state index is 13.1. The Morgan fingerprint density at radius 3 is 2.63 bits per heavy atom. The van der Waals surface area contributed by atoms with Crippen molar-refractivity contribution >= 4 is 22.9 Å². The van der Waals surface area contributed by atoms with Crippen LogP contribution in [-0.4, -0.2) is 21.7 Å². The molecule has 7 heteroatoms. The highest BCUT2D eigenvalue weighted by Gasteiger charge is 2.28. The molecule has 27 heavy (non-hydrogen) atoms. The van der Waals surface area contributed by atoms with Gasteiger partial charge in [0.1, 0.15) is 6.54 Å². The van der Waals surface area contributed by atoms with E-state index in [9.17, 15) is 9.59 Å². The molecule has 6 nitrogen and oxygen atoms in total. The highest BCUT2D eigenvalue weighted by Crippen LogP contribution is 2.28. The molecule has 0 spiro atoms. The van der Waals surface area contributed by atoms with E-state index < -0.39 is 5.76 Å². The maximum Gasteiger partial charge on any atom is 0.437 e. The van der Waals surface area contributed by atoms with Crippen LogP contribution in [0.2, 0.25) is 0 Å². The smallest absolute Gasteiger partial charge is 0.387 e. The minimum atomic E-state index is -0.608. The van der Waals surface area contributed by atoms with Crippen LogP contribution in [0.4, 0.5) is 5.69 Å². The van der Waals surface area contributed by atoms with Crippen LogP contribution >= 0.6 is 11.3 Å². The van der Waals surface area contributed by atoms with Crippen molar-refractivity contribution in [2.24, 2.45) is 0 Å². The maximum absolute atomic E-state index is 13.1. The van der Waals surface area contributed by atoms with Gasteiger partial charge in [-0.05, 0) is 36.4 Å². The normalized spacial score (nSPS) is 15.0. The van der Waals surface area contributed by atoms with Gasteiger partial charge < -0.3 is 9.32 Å². The third-order valence-corrected chi connectivity index (χ3v) is 5.72. The molecule has 0 N–H and O–H groups in total. The van der Waals surface area contributed by atoms with Crippen LogP contribution in [0.15, 0.2) is 57.1 Å². The fourth-order valence-electron chi connectivity index (χ4n) is 3.60. The van der Waals surface area contributed by atoms with Gasteiger partial charge in [0.15, 0.2) is 0 Å². The van der Waals surface area contributed by atoms with E-state index in [4.69, 9.17) is 4.42 Å². The lowest BCUT2D eigenvalue weighted by atomic mass is 9.93. The lowest BCUT2D eigenvalue weighted by Gasteiger charge is -2.34. The van der Waals surface area contributed by atoms with Crippen LogP contribution in [0.25, 0.3) is 10.8 Å². The van der Waals surface area contributed by atoms with E-state index in [0.717, 1.165) is 40.9 Å². The topological polar surface area (TPSA) is 68.3 Å². The minimum Gasteiger partial charge on any atom is -0.387 e. The summed E-state index contributed by atoms with van der Waals surface area (Å²) in [5.74, 6) is -0.489. The summed E-state index contributed by atoms with van der Waals surface area (Å²) in [6, 6.07) is 13.5. The number of anilines is 1. The molecule has 1 saturated carbocycles. The van der Waals surface area contributed by atoms with E-state index >= 15 is 0 Å². The van der Waals surface area contributed by atoms with Gasteiger partial charge in [-0.15, -0.1) is 16.4 Å². The Balaban J connectivity index is 1.59. The summed E-state index contributed by atoms with van der Waals surface area (Å²) in [7, 11) is 0. The summed E-state index contributed by atoms with van der Waals surface area (Å²) in [5, 5.41) is 6.10. The van der Waals surface area contributed by atoms with Gasteiger partial charge in [-0.3, -0.25) is 4.79 Å². The van der Waals surface area contributed by atoms with E-state index in [-0.39, 0.29) is 24.4 Å². The van der Waals surface area contributed by atoms with Gasteiger partial charge in [-0.25, -0.2) is 4.79 Å². The van der Waals surface area contributed by atoms with E-state index in [1.54, 1.807) is 0 Å². The molecule has 0 radical (unpaired) electrons. The molecular formula is C20H21N3O3S. The van der Waals surface area contributed by atoms with Crippen LogP contribution in [0, 0.1) is 0 Å². The fourth-order valence-corrected chi connectivity index (χ4v) is 4.24. The Kier molecular flexibility index (Phi) is 5.20. The third-order valence-electron chi connectivity index (χ3n) is 4.87. The summed E-state index contributed by atoms with van der Waals surface area (Å²) in [6.45, 7) is -0.126. The van der Waals surface area contributed by atoms with Crippen LogP contribution in [0.3, 0.4) is 0 Å². The standard InChI is InChI=1S/C20H21N3O3S/c24-18(14-22-20(25)26-19(21-22)17-12-7-13-27-17)23(15-8-3-1-4-9-15)16-10-5-2-6-11-16/h1,3-4,7-9,12-13,16H,2,5-6,10-11,14H2. The summed E-state index contributed by atoms with van der Waals surface area (Å²) in [5.41, 5.74) is 0.865. The predicted molar refractivity (Wildman–Crippen MR) is 105 cm³/mol. The lowest BCUT2D eigenvalue weighted by molar-refractivity contribution is -0.120. The summed E-state index contributed by atoms with van der Waals surface area (Å²) < 4.78 is 6.35. The molecule has 1 aliphatic rings. The second-order valence-corrected chi connectivity index (χ2v) is 7.65. The largest absolute Gasteiger partial charge is 0.437 e. The Labute approximate surface area is 161 Å². The second-order valence-electron chi connectivity index (χ2n) is 6.70. The number of hydrogen-bond donors (Lipinski definition) is 0. The van der Waals surface area contributed by atoms with Crippen molar-refractivity contribution in [3.05, 3.63) is 58.4 Å². The first kappa shape index (κ1) is 17.7. The first-order valence-electron chi connectivity index (χ1n) is 9.21. The molecule has 0 aliphatic heterocycles. The van der Waals surface area contributed by atoms with Crippen molar-refractivity contribution < 1.29 is 9.21 Å². The molecule has 1 aromatic carbocycles. The number of aromatic nitrogens is 2. The quantitative estimate of drug-likeness (QED) is 0.669. The number of benzene rings is 1. The Morgan fingerprint density at radius 2 is 1.93 bits per heavy atom. The zero-order valence-corrected chi connectivity index (χ0v) is 15.7. The molecule has 3 aromatic rings. The van der Waals surface area contributed by atoms with E-state index in [1.807, 2.05) is 52.7 Å². The van der Waals surface area contributed by atoms with E-state index in [2.05, 4.69) is 5.10 Å². The van der Waals surface area contributed by atoms with Gasteiger partial charge in [0, 0.05) is 11.7 Å². The molecule has 0 unspecified atom stereocenters. The fraction of sp³-hybridized carbons (Fsp3) is 0.350. The molecule has 0 atom stereocenters. The summed E-state index contributed by atoms with van der Waals surface area (Å²) >= 11 is 1.44. The van der Waals surface area contributed by atoms with Crippen molar-refractivity contribution in [1.82, 2.24) is 9.78 Å². The van der Waals surface area contributed by atoms with Crippen molar-refractivity contribution in [2.75, 3.05) is 4.90 Å². The van der Waals surface area contributed by atoms with Gasteiger partial charge in [0.25, 0.3) is 5.89 Å². The average Bonchev–Trinajstić information content (AvgIpc) is 3.34. The number of amides is 1. The van der Waals surface area contributed by atoms with E-state index in [1.165, 1.54) is 17.8 Å². The molecule has 0 saturated heterocycles. The zero-order chi connectivity index (χ0) is 18.6. The molecule has 1 fully saturated rings. The average molecular weight is 383 g/mol. The van der Waals surface area contributed by atoms with Crippen LogP contribution in [0.5, 0.6) is 0 Å². The molecule has 2 heterocycles. The second kappa shape index (κ2) is 7.92. The van der Waals surface area contributed by atoms with Crippen molar-refractivity contribution in [1.29, 1.82) is 0 Å². The van der Waals surface area contributed by atoms with Crippen LogP contribution in [0.1, 0.15) is 32.1 Å². The van der Waals surface area contributed by atoms with Gasteiger partial charge in [-0.2, -0.15) is 4.68 Å². The molecule has 1 aliphatic carbocycles. The molecule has 140 valence electrons. The third kappa shape index (κ3) is 3.88. The monoisotopic (exact) mass is 383 g/mol. The molecular weight excluding hydrogens is 362 g/mol. The Hall–Kier alpha value is -2.67. The molecule has 0 bridgehead atoms. The van der Waals surface area contributed by atoms with Gasteiger partial charge >= 0.3 is 5.76 Å². The predicted octanol–water partition coefficient (Wildman–Crippen LogP) is 3.93. The summed E-state index contributed by atoms with van der Waals surface area (Å²) in [6.07, 6.45) is 5.41. The first-order chi connectivity index (χ1) is 13.2. The number of carbonyl (C=O) groups is 1. The SMILES string of the molecule is O=C(Cn1nc(-c2cccs2)oc1=O)N(c1ccccc1)C1CCCCC1. The first-order valence-corrected chi connectivity index (χ1v) is 10.1. The van der Waals surface area contributed by atoms with E-state index in [0.29, 0.717) is 0 Å². The Morgan fingerprint density at radius 1 is 1.15 bits per heavy atom. The number of rotatable bonds is 5. The number of thiophene rings is 1. The van der Waals surface area contributed by atoms with Gasteiger partial charge in [0.2, 0.25) is 5.91 Å². The molecule has 4 rings (SSSR count). The molecule has 1 amide bonds. The number of carbonyl (C=O) groups excluding carboxylic acids is 1. The Bertz CT molecular complexity index is 941. The van der Waals surface area contributed by atoms with Crippen molar-refractivity contribution in [3.63, 3.8) is 0 Å². The minimum absolute atomic E-state index is 0.126. The van der Waals surface area contributed by atoms with Gasteiger partial charge in [0.05, 0.1) is 4.88 Å². The van der Waals surface area contributed by atoms with Crippen LogP contribution < -0.4 is 10.7 Å². The van der Waals surface area contributed by atoms with Crippen molar-refractivity contribution in [3.8, 4) is 10.8 Å². The highest BCUT2D eigenvalue weighted by atomic mass is 32.1. The van der Waals surface area contributed by atoms with Crippen LogP contribution in [-0.2, 0) is 11.3 Å². The highest BCUT2D eigenvalue weighted by molar-refractivity contribution is 7.13. The molecule has 2 aromatic heterocycles. The summed E-state index contributed by atoms with van der Waals surface area (Å²) in [4.78, 5) is 27.9. The van der Waals surface area contributed by atoms with Crippen molar-refractivity contribution in [2.45, 2.75) is 44.7 Å². The number of hydrogen-bond acceptors (Lipinski definition) is 5. The number of para-hydroxylation sites is 1. The number of nitrogens with zero attached hydrogens (tertiary/aromatic N) is 3. The van der Waals surface area contributed by atoms with Gasteiger partial charge in [-0.1, -0.05) is 43.5 Å².